The molecule has 5 atom stereocenters. The van der Waals surface area contributed by atoms with Crippen LogP contribution in [0.1, 0.15) is 38.0 Å². The van der Waals surface area contributed by atoms with Crippen molar-refractivity contribution >= 4 is 17.9 Å². The van der Waals surface area contributed by atoms with E-state index in [9.17, 15) is 14.4 Å². The quantitative estimate of drug-likeness (QED) is 0.356. The number of hydrogen-bond acceptors (Lipinski definition) is 7. The molecule has 0 N–H and O–H groups in total. The Morgan fingerprint density at radius 2 is 1.11 bits per heavy atom. The number of halogens is 1. The highest BCUT2D eigenvalue weighted by Crippen LogP contribution is 2.30. The van der Waals surface area contributed by atoms with E-state index in [4.69, 9.17) is 18.9 Å². The average Bonchev–Trinajstić information content (AvgIpc) is 2.92. The highest BCUT2D eigenvalue weighted by Gasteiger charge is 2.49. The highest BCUT2D eigenvalue weighted by molar-refractivity contribution is 5.90. The van der Waals surface area contributed by atoms with Crippen LogP contribution in [0.2, 0.25) is 0 Å². The molecule has 4 rings (SSSR count). The van der Waals surface area contributed by atoms with Gasteiger partial charge in [0.1, 0.15) is 12.7 Å². The molecular formula is C28H25FO7. The lowest BCUT2D eigenvalue weighted by molar-refractivity contribution is -0.206. The molecule has 36 heavy (non-hydrogen) atoms. The van der Waals surface area contributed by atoms with Gasteiger partial charge in [-0.25, -0.2) is 18.8 Å². The van der Waals surface area contributed by atoms with Crippen molar-refractivity contribution in [1.29, 1.82) is 0 Å². The Labute approximate surface area is 207 Å². The van der Waals surface area contributed by atoms with Crippen LogP contribution < -0.4 is 0 Å². The first-order chi connectivity index (χ1) is 17.4. The van der Waals surface area contributed by atoms with Crippen LogP contribution >= 0.6 is 0 Å². The number of carbonyl (C=O) groups is 3. The van der Waals surface area contributed by atoms with Gasteiger partial charge in [-0.2, -0.15) is 0 Å². The molecule has 0 amide bonds. The first kappa shape index (κ1) is 25.1. The Kier molecular flexibility index (Phi) is 8.07. The molecule has 8 heteroatoms. The van der Waals surface area contributed by atoms with Crippen molar-refractivity contribution in [3.05, 3.63) is 108 Å². The minimum atomic E-state index is -1.94. The van der Waals surface area contributed by atoms with Gasteiger partial charge in [-0.1, -0.05) is 54.6 Å². The van der Waals surface area contributed by atoms with Crippen molar-refractivity contribution in [2.75, 3.05) is 6.61 Å². The zero-order valence-corrected chi connectivity index (χ0v) is 19.5. The van der Waals surface area contributed by atoms with Gasteiger partial charge >= 0.3 is 17.9 Å². The Hall–Kier alpha value is -4.04. The maximum absolute atomic E-state index is 15.7. The number of ether oxygens (including phenoxy) is 4. The zero-order chi connectivity index (χ0) is 25.5. The summed E-state index contributed by atoms with van der Waals surface area (Å²) < 4.78 is 37.8. The number of benzene rings is 3. The lowest BCUT2D eigenvalue weighted by Crippen LogP contribution is -2.59. The van der Waals surface area contributed by atoms with Crippen molar-refractivity contribution in [2.45, 2.75) is 37.5 Å². The van der Waals surface area contributed by atoms with E-state index in [0.29, 0.717) is 5.56 Å². The van der Waals surface area contributed by atoms with Crippen molar-refractivity contribution in [3.8, 4) is 0 Å². The van der Waals surface area contributed by atoms with Gasteiger partial charge < -0.3 is 18.9 Å². The van der Waals surface area contributed by atoms with Crippen LogP contribution in [0.3, 0.4) is 0 Å². The molecule has 186 valence electrons. The molecular weight excluding hydrogens is 467 g/mol. The van der Waals surface area contributed by atoms with E-state index in [1.54, 1.807) is 85.8 Å². The second kappa shape index (κ2) is 11.6. The van der Waals surface area contributed by atoms with Gasteiger partial charge in [-0.3, -0.25) is 0 Å². The monoisotopic (exact) mass is 492 g/mol. The number of esters is 3. The predicted octanol–water partition coefficient (Wildman–Crippen LogP) is 4.42. The van der Waals surface area contributed by atoms with Gasteiger partial charge in [0.2, 0.25) is 0 Å². The van der Waals surface area contributed by atoms with E-state index in [0.717, 1.165) is 0 Å². The smallest absolute Gasteiger partial charge is 0.338 e. The molecule has 0 radical (unpaired) electrons. The summed E-state index contributed by atoms with van der Waals surface area (Å²) in [5, 5.41) is 0. The standard InChI is InChI=1S/C28H25FO7/c1-18-24(35-27(31)20-13-7-3-8-14-20)25(36-28(32)21-15-9-4-10-16-21)23(29)22(34-18)17-33-26(30)19-11-5-2-6-12-19/h2-16,18,22-25H,17H2,1H3/t18-,22-,23-,24+,25+/m1/s1. The number of rotatable bonds is 7. The van der Waals surface area contributed by atoms with E-state index in [2.05, 4.69) is 0 Å². The van der Waals surface area contributed by atoms with Crippen LogP contribution in [0, 0.1) is 0 Å². The lowest BCUT2D eigenvalue weighted by Gasteiger charge is -2.41. The van der Waals surface area contributed by atoms with E-state index in [1.165, 1.54) is 12.1 Å². The van der Waals surface area contributed by atoms with Gasteiger partial charge in [0, 0.05) is 0 Å². The third-order valence-electron chi connectivity index (χ3n) is 5.74. The van der Waals surface area contributed by atoms with Crippen LogP contribution in [0.4, 0.5) is 4.39 Å². The van der Waals surface area contributed by atoms with Crippen molar-refractivity contribution in [1.82, 2.24) is 0 Å². The minimum Gasteiger partial charge on any atom is -0.459 e. The molecule has 3 aromatic rings. The van der Waals surface area contributed by atoms with Gasteiger partial charge in [0.25, 0.3) is 0 Å². The van der Waals surface area contributed by atoms with Gasteiger partial charge in [-0.05, 0) is 43.3 Å². The third kappa shape index (κ3) is 5.95. The molecule has 0 bridgehead atoms. The fraction of sp³-hybridized carbons (Fsp3) is 0.250. The van der Waals surface area contributed by atoms with Crippen LogP contribution in [-0.4, -0.2) is 55.1 Å². The molecule has 1 fully saturated rings. The third-order valence-corrected chi connectivity index (χ3v) is 5.74. The van der Waals surface area contributed by atoms with Gasteiger partial charge in [0.05, 0.1) is 22.8 Å². The van der Waals surface area contributed by atoms with E-state index >= 15 is 4.39 Å². The Morgan fingerprint density at radius 1 is 0.694 bits per heavy atom. The van der Waals surface area contributed by atoms with Crippen LogP contribution in [0.25, 0.3) is 0 Å². The molecule has 3 aromatic carbocycles. The fourth-order valence-corrected chi connectivity index (χ4v) is 3.86. The fourth-order valence-electron chi connectivity index (χ4n) is 3.86. The van der Waals surface area contributed by atoms with E-state index < -0.39 is 55.1 Å². The second-order valence-electron chi connectivity index (χ2n) is 8.26. The average molecular weight is 492 g/mol. The molecule has 1 heterocycles. The molecule has 0 aromatic heterocycles. The number of hydrogen-bond donors (Lipinski definition) is 0. The maximum atomic E-state index is 15.7. The Balaban J connectivity index is 1.52. The summed E-state index contributed by atoms with van der Waals surface area (Å²) in [6, 6.07) is 24.5. The summed E-state index contributed by atoms with van der Waals surface area (Å²) >= 11 is 0. The molecule has 7 nitrogen and oxygen atoms in total. The van der Waals surface area contributed by atoms with Crippen LogP contribution in [0.15, 0.2) is 91.0 Å². The van der Waals surface area contributed by atoms with Crippen molar-refractivity contribution < 1.29 is 37.7 Å². The molecule has 0 spiro atoms. The summed E-state index contributed by atoms with van der Waals surface area (Å²) in [5.41, 5.74) is 0.773. The Morgan fingerprint density at radius 3 is 1.58 bits per heavy atom. The first-order valence-corrected chi connectivity index (χ1v) is 11.5. The SMILES string of the molecule is C[C@H]1O[C@H](COC(=O)c2ccccc2)[C@@H](F)[C@H](OC(=O)c2ccccc2)[C@H]1OC(=O)c1ccccc1. The zero-order valence-electron chi connectivity index (χ0n) is 19.5. The summed E-state index contributed by atoms with van der Waals surface area (Å²) in [5.74, 6) is -2.13. The molecule has 1 aliphatic rings. The predicted molar refractivity (Wildman–Crippen MR) is 127 cm³/mol. The normalized spacial score (nSPS) is 23.3. The van der Waals surface area contributed by atoms with Crippen molar-refractivity contribution in [3.63, 3.8) is 0 Å². The van der Waals surface area contributed by atoms with Crippen molar-refractivity contribution in [2.24, 2.45) is 0 Å². The van der Waals surface area contributed by atoms with E-state index in [-0.39, 0.29) is 11.1 Å². The highest BCUT2D eigenvalue weighted by atomic mass is 19.1. The topological polar surface area (TPSA) is 88.1 Å². The summed E-state index contributed by atoms with van der Waals surface area (Å²) in [4.78, 5) is 37.8. The summed E-state index contributed by atoms with van der Waals surface area (Å²) in [7, 11) is 0. The summed E-state index contributed by atoms with van der Waals surface area (Å²) in [6.45, 7) is 1.15. The molecule has 1 saturated heterocycles. The van der Waals surface area contributed by atoms with Gasteiger partial charge in [-0.15, -0.1) is 0 Å². The molecule has 0 unspecified atom stereocenters. The number of carbonyl (C=O) groups excluding carboxylic acids is 3. The maximum Gasteiger partial charge on any atom is 0.338 e. The van der Waals surface area contributed by atoms with Gasteiger partial charge in [0.15, 0.2) is 18.4 Å². The lowest BCUT2D eigenvalue weighted by atomic mass is 9.96. The largest absolute Gasteiger partial charge is 0.459 e. The minimum absolute atomic E-state index is 0.212. The van der Waals surface area contributed by atoms with E-state index in [1.807, 2.05) is 0 Å². The number of alkyl halides is 1. The molecule has 0 saturated carbocycles. The molecule has 0 aliphatic carbocycles. The van der Waals surface area contributed by atoms with Crippen LogP contribution in [0.5, 0.6) is 0 Å². The Bertz CT molecular complexity index is 1170. The first-order valence-electron chi connectivity index (χ1n) is 11.5. The van der Waals surface area contributed by atoms with Crippen LogP contribution in [-0.2, 0) is 18.9 Å². The second-order valence-corrected chi connectivity index (χ2v) is 8.26. The summed E-state index contributed by atoms with van der Waals surface area (Å²) in [6.07, 6.45) is -6.77. The molecule has 1 aliphatic heterocycles.